The molecule has 14 heavy (non-hydrogen) atoms. The smallest absolute Gasteiger partial charge is 0.194 e. The summed E-state index contributed by atoms with van der Waals surface area (Å²) >= 11 is 3.45. The molecule has 0 radical (unpaired) electrons. The second-order valence-corrected chi connectivity index (χ2v) is 4.93. The molecule has 0 aliphatic heterocycles. The van der Waals surface area contributed by atoms with Gasteiger partial charge in [-0.05, 0) is 12.2 Å². The third-order valence-electron chi connectivity index (χ3n) is 1.96. The fourth-order valence-electron chi connectivity index (χ4n) is 1.31. The van der Waals surface area contributed by atoms with Gasteiger partial charge in [-0.1, -0.05) is 6.92 Å². The molecule has 2 rings (SSSR count). The van der Waals surface area contributed by atoms with E-state index in [9.17, 15) is 0 Å². The summed E-state index contributed by atoms with van der Waals surface area (Å²) in [6.07, 6.45) is 3.20. The molecule has 3 nitrogen and oxygen atoms in total. The first-order chi connectivity index (χ1) is 6.86. The van der Waals surface area contributed by atoms with Gasteiger partial charge in [0.15, 0.2) is 4.96 Å². The fraction of sp³-hybridized carbons (Fsp3) is 0.444. The van der Waals surface area contributed by atoms with Crippen LogP contribution in [0.4, 0.5) is 0 Å². The highest BCUT2D eigenvalue weighted by Crippen LogP contribution is 2.25. The molecular formula is C9H13N3S2. The summed E-state index contributed by atoms with van der Waals surface area (Å²) in [5.74, 6) is 1.11. The molecule has 76 valence electrons. The number of thiazole rings is 1. The van der Waals surface area contributed by atoms with Gasteiger partial charge in [-0.2, -0.15) is 0 Å². The minimum Gasteiger partial charge on any atom is -0.325 e. The molecule has 0 fully saturated rings. The Morgan fingerprint density at radius 1 is 1.64 bits per heavy atom. The molecule has 0 aliphatic rings. The SMILES string of the molecule is CCCSc1nc2sccn2c1CN. The maximum Gasteiger partial charge on any atom is 0.194 e. The van der Waals surface area contributed by atoms with Crippen LogP contribution >= 0.6 is 23.1 Å². The summed E-state index contributed by atoms with van der Waals surface area (Å²) in [6.45, 7) is 2.73. The lowest BCUT2D eigenvalue weighted by molar-refractivity contribution is 0.923. The van der Waals surface area contributed by atoms with Gasteiger partial charge in [0.05, 0.1) is 5.69 Å². The number of thioether (sulfide) groups is 1. The second kappa shape index (κ2) is 4.33. The Morgan fingerprint density at radius 3 is 3.21 bits per heavy atom. The van der Waals surface area contributed by atoms with Crippen LogP contribution in [0.5, 0.6) is 0 Å². The molecule has 0 unspecified atom stereocenters. The molecule has 0 saturated heterocycles. The van der Waals surface area contributed by atoms with Gasteiger partial charge in [0.25, 0.3) is 0 Å². The lowest BCUT2D eigenvalue weighted by Gasteiger charge is -1.98. The summed E-state index contributed by atoms with van der Waals surface area (Å²) in [6, 6.07) is 0. The lowest BCUT2D eigenvalue weighted by Crippen LogP contribution is -2.01. The van der Waals surface area contributed by atoms with Crippen molar-refractivity contribution >= 4 is 28.1 Å². The standard InChI is InChI=1S/C9H13N3S2/c1-2-4-13-8-7(6-10)12-3-5-14-9(12)11-8/h3,5H,2,4,6,10H2,1H3. The van der Waals surface area contributed by atoms with Crippen molar-refractivity contribution in [3.05, 3.63) is 17.3 Å². The van der Waals surface area contributed by atoms with Crippen LogP contribution in [0.1, 0.15) is 19.0 Å². The van der Waals surface area contributed by atoms with E-state index in [2.05, 4.69) is 16.3 Å². The van der Waals surface area contributed by atoms with E-state index in [0.717, 1.165) is 21.4 Å². The molecule has 0 bridgehead atoms. The van der Waals surface area contributed by atoms with Crippen LogP contribution in [-0.4, -0.2) is 15.1 Å². The van der Waals surface area contributed by atoms with Crippen molar-refractivity contribution in [3.8, 4) is 0 Å². The van der Waals surface area contributed by atoms with Crippen molar-refractivity contribution < 1.29 is 0 Å². The first-order valence-corrected chi connectivity index (χ1v) is 6.50. The van der Waals surface area contributed by atoms with Gasteiger partial charge in [-0.3, -0.25) is 4.40 Å². The summed E-state index contributed by atoms with van der Waals surface area (Å²) in [5.41, 5.74) is 6.86. The van der Waals surface area contributed by atoms with Gasteiger partial charge < -0.3 is 5.73 Å². The van der Waals surface area contributed by atoms with E-state index in [-0.39, 0.29) is 0 Å². The highest BCUT2D eigenvalue weighted by Gasteiger charge is 2.11. The minimum absolute atomic E-state index is 0.559. The Morgan fingerprint density at radius 2 is 2.50 bits per heavy atom. The molecule has 0 spiro atoms. The zero-order valence-corrected chi connectivity index (χ0v) is 9.70. The molecule has 0 aliphatic carbocycles. The van der Waals surface area contributed by atoms with E-state index in [1.54, 1.807) is 23.1 Å². The number of hydrogen-bond acceptors (Lipinski definition) is 4. The van der Waals surface area contributed by atoms with Crippen molar-refractivity contribution in [1.82, 2.24) is 9.38 Å². The van der Waals surface area contributed by atoms with Crippen LogP contribution in [0.15, 0.2) is 16.6 Å². The number of hydrogen-bond donors (Lipinski definition) is 1. The van der Waals surface area contributed by atoms with E-state index in [0.29, 0.717) is 6.54 Å². The Kier molecular flexibility index (Phi) is 3.10. The van der Waals surface area contributed by atoms with Crippen molar-refractivity contribution in [1.29, 1.82) is 0 Å². The van der Waals surface area contributed by atoms with Crippen LogP contribution in [0, 0.1) is 0 Å². The van der Waals surface area contributed by atoms with E-state index in [1.807, 2.05) is 11.6 Å². The molecule has 2 heterocycles. The van der Waals surface area contributed by atoms with Crippen molar-refractivity contribution in [2.24, 2.45) is 5.73 Å². The Balaban J connectivity index is 2.37. The number of nitrogens with two attached hydrogens (primary N) is 1. The maximum atomic E-state index is 5.72. The molecule has 2 N–H and O–H groups in total. The predicted molar refractivity (Wildman–Crippen MR) is 62.0 cm³/mol. The van der Waals surface area contributed by atoms with Gasteiger partial charge in [-0.15, -0.1) is 23.1 Å². The Hall–Kier alpha value is -0.520. The lowest BCUT2D eigenvalue weighted by atomic mass is 10.5. The minimum atomic E-state index is 0.559. The number of rotatable bonds is 4. The largest absolute Gasteiger partial charge is 0.325 e. The molecule has 0 aromatic carbocycles. The van der Waals surface area contributed by atoms with Crippen LogP contribution in [0.3, 0.4) is 0 Å². The Labute approximate surface area is 91.3 Å². The first-order valence-electron chi connectivity index (χ1n) is 4.64. The van der Waals surface area contributed by atoms with Gasteiger partial charge in [-0.25, -0.2) is 4.98 Å². The van der Waals surface area contributed by atoms with Crippen LogP contribution in [-0.2, 0) is 6.54 Å². The summed E-state index contributed by atoms with van der Waals surface area (Å²) in [4.78, 5) is 5.59. The van der Waals surface area contributed by atoms with Gasteiger partial charge in [0.2, 0.25) is 0 Å². The molecule has 2 aromatic rings. The predicted octanol–water partition coefficient (Wildman–Crippen LogP) is 2.36. The van der Waals surface area contributed by atoms with Gasteiger partial charge in [0.1, 0.15) is 5.03 Å². The van der Waals surface area contributed by atoms with Crippen LogP contribution in [0.2, 0.25) is 0 Å². The third-order valence-corrected chi connectivity index (χ3v) is 3.93. The molecule has 0 atom stereocenters. The van der Waals surface area contributed by atoms with E-state index < -0.39 is 0 Å². The first kappa shape index (κ1) is 10.0. The molecule has 5 heteroatoms. The topological polar surface area (TPSA) is 43.3 Å². The number of aromatic nitrogens is 2. The van der Waals surface area contributed by atoms with E-state index in [1.165, 1.54) is 6.42 Å². The summed E-state index contributed by atoms with van der Waals surface area (Å²) in [5, 5.41) is 3.14. The van der Waals surface area contributed by atoms with E-state index in [4.69, 9.17) is 5.73 Å². The normalized spacial score (nSPS) is 11.3. The van der Waals surface area contributed by atoms with Crippen molar-refractivity contribution in [2.45, 2.75) is 24.9 Å². The van der Waals surface area contributed by atoms with Gasteiger partial charge in [0, 0.05) is 18.1 Å². The van der Waals surface area contributed by atoms with Crippen LogP contribution in [0.25, 0.3) is 4.96 Å². The van der Waals surface area contributed by atoms with Crippen molar-refractivity contribution in [2.75, 3.05) is 5.75 Å². The quantitative estimate of drug-likeness (QED) is 0.815. The monoisotopic (exact) mass is 227 g/mol. The van der Waals surface area contributed by atoms with Crippen LogP contribution < -0.4 is 5.73 Å². The molecule has 2 aromatic heterocycles. The third kappa shape index (κ3) is 1.67. The number of nitrogens with zero attached hydrogens (tertiary/aromatic N) is 2. The average molecular weight is 227 g/mol. The molecule has 0 amide bonds. The average Bonchev–Trinajstić information content (AvgIpc) is 2.73. The van der Waals surface area contributed by atoms with Crippen molar-refractivity contribution in [3.63, 3.8) is 0 Å². The molecule has 0 saturated carbocycles. The Bertz CT molecular complexity index is 419. The zero-order valence-electron chi connectivity index (χ0n) is 8.06. The zero-order chi connectivity index (χ0) is 9.97. The van der Waals surface area contributed by atoms with E-state index >= 15 is 0 Å². The summed E-state index contributed by atoms with van der Waals surface area (Å²) < 4.78 is 2.09. The highest BCUT2D eigenvalue weighted by molar-refractivity contribution is 7.99. The fourth-order valence-corrected chi connectivity index (χ4v) is 3.00. The van der Waals surface area contributed by atoms with Gasteiger partial charge >= 0.3 is 0 Å². The number of fused-ring (bicyclic) bond motifs is 1. The second-order valence-electron chi connectivity index (χ2n) is 2.97. The summed E-state index contributed by atoms with van der Waals surface area (Å²) in [7, 11) is 0. The highest BCUT2D eigenvalue weighted by atomic mass is 32.2. The number of imidazole rings is 1. The molecular weight excluding hydrogens is 214 g/mol. The maximum absolute atomic E-state index is 5.72.